The first-order valence-corrected chi connectivity index (χ1v) is 11.5. The highest BCUT2D eigenvalue weighted by Crippen LogP contribution is 2.39. The summed E-state index contributed by atoms with van der Waals surface area (Å²) in [5, 5.41) is 3.00. The molecule has 2 aliphatic rings. The van der Waals surface area contributed by atoms with Gasteiger partial charge in [-0.3, -0.25) is 4.79 Å². The highest BCUT2D eigenvalue weighted by molar-refractivity contribution is 7.89. The lowest BCUT2D eigenvalue weighted by molar-refractivity contribution is -0.132. The molecule has 1 spiro atoms. The summed E-state index contributed by atoms with van der Waals surface area (Å²) in [5.41, 5.74) is 0.835. The van der Waals surface area contributed by atoms with Gasteiger partial charge < -0.3 is 10.1 Å². The Morgan fingerprint density at radius 1 is 1.26 bits per heavy atom. The lowest BCUT2D eigenvalue weighted by atomic mass is 9.78. The van der Waals surface area contributed by atoms with Crippen molar-refractivity contribution in [3.05, 3.63) is 35.9 Å². The van der Waals surface area contributed by atoms with Crippen molar-refractivity contribution in [3.8, 4) is 0 Å². The van der Waals surface area contributed by atoms with E-state index < -0.39 is 10.0 Å². The third kappa shape index (κ3) is 5.30. The Kier molecular flexibility index (Phi) is 6.55. The number of hydrogen-bond donors (Lipinski definition) is 1. The van der Waals surface area contributed by atoms with Crippen LogP contribution in [0.3, 0.4) is 0 Å². The molecule has 1 amide bonds. The molecule has 1 aromatic rings. The van der Waals surface area contributed by atoms with Crippen LogP contribution in [0.15, 0.2) is 30.3 Å². The Hall–Kier alpha value is -1.44. The van der Waals surface area contributed by atoms with Gasteiger partial charge in [0.25, 0.3) is 0 Å². The molecule has 0 radical (unpaired) electrons. The zero-order valence-electron chi connectivity index (χ0n) is 16.0. The Morgan fingerprint density at radius 2 is 1.96 bits per heavy atom. The van der Waals surface area contributed by atoms with Crippen LogP contribution in [0.2, 0.25) is 0 Å². The van der Waals surface area contributed by atoms with Gasteiger partial charge in [-0.15, -0.1) is 0 Å². The molecule has 0 aliphatic carbocycles. The highest BCUT2D eigenvalue weighted by Gasteiger charge is 2.42. The van der Waals surface area contributed by atoms with Crippen LogP contribution < -0.4 is 5.32 Å². The summed E-state index contributed by atoms with van der Waals surface area (Å²) in [5.74, 6) is 0.515. The Morgan fingerprint density at radius 3 is 2.63 bits per heavy atom. The predicted octanol–water partition coefficient (Wildman–Crippen LogP) is 2.30. The van der Waals surface area contributed by atoms with E-state index in [0.29, 0.717) is 51.4 Å². The molecule has 6 nitrogen and oxygen atoms in total. The Labute approximate surface area is 162 Å². The van der Waals surface area contributed by atoms with Crippen molar-refractivity contribution in [2.45, 2.75) is 51.2 Å². The normalized spacial score (nSPS) is 23.2. The highest BCUT2D eigenvalue weighted by atomic mass is 32.2. The summed E-state index contributed by atoms with van der Waals surface area (Å²) in [6.45, 7) is 3.92. The predicted molar refractivity (Wildman–Crippen MR) is 105 cm³/mol. The molecule has 0 aromatic heterocycles. The minimum Gasteiger partial charge on any atom is -0.375 e. The number of rotatable bonds is 6. The molecule has 2 aliphatic heterocycles. The smallest absolute Gasteiger partial charge is 0.220 e. The van der Waals surface area contributed by atoms with Crippen molar-refractivity contribution >= 4 is 15.9 Å². The monoisotopic (exact) mass is 394 g/mol. The number of nitrogens with zero attached hydrogens (tertiary/aromatic N) is 1. The number of piperidine rings is 1. The third-order valence-corrected chi connectivity index (χ3v) is 7.67. The minimum absolute atomic E-state index is 0.0758. The molecule has 0 saturated carbocycles. The van der Waals surface area contributed by atoms with Crippen LogP contribution >= 0.6 is 0 Å². The molecule has 1 aromatic carbocycles. The summed E-state index contributed by atoms with van der Waals surface area (Å²) < 4.78 is 31.8. The molecule has 27 heavy (non-hydrogen) atoms. The van der Waals surface area contributed by atoms with Crippen LogP contribution in [-0.2, 0) is 26.1 Å². The number of nitrogens with one attached hydrogen (secondary N) is 1. The number of hydrogen-bond acceptors (Lipinski definition) is 4. The fraction of sp³-hybridized carbons (Fsp3) is 0.650. The maximum atomic E-state index is 12.3. The van der Waals surface area contributed by atoms with Gasteiger partial charge in [0.05, 0.1) is 11.4 Å². The van der Waals surface area contributed by atoms with Crippen molar-refractivity contribution in [3.63, 3.8) is 0 Å². The molecule has 2 heterocycles. The van der Waals surface area contributed by atoms with E-state index in [4.69, 9.17) is 4.74 Å². The molecular formula is C20H30N2O4S. The van der Waals surface area contributed by atoms with Crippen molar-refractivity contribution in [2.24, 2.45) is 5.92 Å². The first-order chi connectivity index (χ1) is 12.9. The third-order valence-electron chi connectivity index (χ3n) is 5.79. The molecule has 0 bridgehead atoms. The van der Waals surface area contributed by atoms with Crippen molar-refractivity contribution < 1.29 is 17.9 Å². The molecule has 1 N–H and O–H groups in total. The van der Waals surface area contributed by atoms with E-state index in [0.717, 1.165) is 18.4 Å². The van der Waals surface area contributed by atoms with Crippen molar-refractivity contribution in [2.75, 3.05) is 25.4 Å². The van der Waals surface area contributed by atoms with Crippen LogP contribution in [0.1, 0.15) is 44.6 Å². The fourth-order valence-electron chi connectivity index (χ4n) is 4.14. The zero-order valence-corrected chi connectivity index (χ0v) is 16.8. The van der Waals surface area contributed by atoms with Crippen LogP contribution in [0.4, 0.5) is 0 Å². The van der Waals surface area contributed by atoms with Gasteiger partial charge in [-0.25, -0.2) is 12.7 Å². The van der Waals surface area contributed by atoms with Crippen molar-refractivity contribution in [1.29, 1.82) is 0 Å². The Bertz CT molecular complexity index is 728. The zero-order chi connectivity index (χ0) is 19.3. The average molecular weight is 395 g/mol. The number of benzene rings is 1. The van der Waals surface area contributed by atoms with Gasteiger partial charge in [-0.2, -0.15) is 0 Å². The fourth-order valence-corrected chi connectivity index (χ4v) is 5.24. The van der Waals surface area contributed by atoms with Crippen LogP contribution in [-0.4, -0.2) is 49.7 Å². The maximum Gasteiger partial charge on any atom is 0.220 e. The second-order valence-electron chi connectivity index (χ2n) is 7.66. The van der Waals surface area contributed by atoms with Crippen LogP contribution in [0, 0.1) is 5.92 Å². The van der Waals surface area contributed by atoms with Gasteiger partial charge in [-0.1, -0.05) is 30.3 Å². The summed E-state index contributed by atoms with van der Waals surface area (Å²) in [7, 11) is -3.13. The van der Waals surface area contributed by atoms with Gasteiger partial charge in [-0.05, 0) is 44.1 Å². The second kappa shape index (κ2) is 8.71. The van der Waals surface area contributed by atoms with E-state index in [-0.39, 0.29) is 17.3 Å². The number of carbonyl (C=O) groups excluding carboxylic acids is 1. The van der Waals surface area contributed by atoms with Crippen molar-refractivity contribution in [1.82, 2.24) is 9.62 Å². The molecule has 1 atom stereocenters. The van der Waals surface area contributed by atoms with Gasteiger partial charge in [0, 0.05) is 32.7 Å². The SMILES string of the molecule is CCS(=O)(=O)N1CCC2(CC1)CC(CC(=O)NCc1ccccc1)CCO2. The van der Waals surface area contributed by atoms with Crippen LogP contribution in [0.5, 0.6) is 0 Å². The van der Waals surface area contributed by atoms with E-state index in [1.807, 2.05) is 30.3 Å². The first-order valence-electron chi connectivity index (χ1n) is 9.85. The summed E-state index contributed by atoms with van der Waals surface area (Å²) in [6.07, 6.45) is 3.67. The summed E-state index contributed by atoms with van der Waals surface area (Å²) in [6, 6.07) is 9.90. The number of ether oxygens (including phenoxy) is 1. The standard InChI is InChI=1S/C20H30N2O4S/c1-2-27(24,25)22-11-9-20(10-12-22)15-18(8-13-26-20)14-19(23)21-16-17-6-4-3-5-7-17/h3-7,18H,2,8-16H2,1H3,(H,21,23). The molecule has 2 fully saturated rings. The first kappa shape index (κ1) is 20.3. The van der Waals surface area contributed by atoms with E-state index >= 15 is 0 Å². The lowest BCUT2D eigenvalue weighted by Crippen LogP contribution is -2.51. The molecular weight excluding hydrogens is 364 g/mol. The molecule has 150 valence electrons. The average Bonchev–Trinajstić information content (AvgIpc) is 2.68. The summed E-state index contributed by atoms with van der Waals surface area (Å²) >= 11 is 0. The lowest BCUT2D eigenvalue weighted by Gasteiger charge is -2.45. The molecule has 1 unspecified atom stereocenters. The maximum absolute atomic E-state index is 12.3. The summed E-state index contributed by atoms with van der Waals surface area (Å²) in [4.78, 5) is 12.3. The van der Waals surface area contributed by atoms with Gasteiger partial charge in [0.2, 0.25) is 15.9 Å². The molecule has 2 saturated heterocycles. The number of carbonyl (C=O) groups is 1. The van der Waals surface area contributed by atoms with E-state index in [1.165, 1.54) is 0 Å². The minimum atomic E-state index is -3.13. The molecule has 7 heteroatoms. The van der Waals surface area contributed by atoms with Gasteiger partial charge in [0.1, 0.15) is 0 Å². The van der Waals surface area contributed by atoms with Crippen LogP contribution in [0.25, 0.3) is 0 Å². The van der Waals surface area contributed by atoms with E-state index in [2.05, 4.69) is 5.32 Å². The van der Waals surface area contributed by atoms with Gasteiger partial charge >= 0.3 is 0 Å². The number of sulfonamides is 1. The second-order valence-corrected chi connectivity index (χ2v) is 9.91. The quantitative estimate of drug-likeness (QED) is 0.803. The van der Waals surface area contributed by atoms with E-state index in [1.54, 1.807) is 11.2 Å². The van der Waals surface area contributed by atoms with E-state index in [9.17, 15) is 13.2 Å². The molecule has 3 rings (SSSR count). The van der Waals surface area contributed by atoms with Gasteiger partial charge in [0.15, 0.2) is 0 Å². The topological polar surface area (TPSA) is 75.7 Å². The largest absolute Gasteiger partial charge is 0.375 e. The number of amides is 1. The Balaban J connectivity index is 1.49.